The third-order valence-electron chi connectivity index (χ3n) is 6.55. The van der Waals surface area contributed by atoms with Gasteiger partial charge in [-0.05, 0) is 75.6 Å². The second kappa shape index (κ2) is 9.45. The Hall–Kier alpha value is -2.04. The molecule has 0 fully saturated rings. The molecule has 164 valence electrons. The van der Waals surface area contributed by atoms with Crippen molar-refractivity contribution in [3.8, 4) is 0 Å². The lowest BCUT2D eigenvalue weighted by atomic mass is 9.68. The number of benzene rings is 4. The van der Waals surface area contributed by atoms with Gasteiger partial charge in [-0.3, -0.25) is 0 Å². The van der Waals surface area contributed by atoms with Gasteiger partial charge in [0.25, 0.3) is 0 Å². The molecule has 1 unspecified atom stereocenters. The van der Waals surface area contributed by atoms with Crippen LogP contribution in [-0.2, 0) is 0 Å². The first kappa shape index (κ1) is 23.1. The lowest BCUT2D eigenvalue weighted by molar-refractivity contribution is 0.424. The maximum Gasteiger partial charge on any atom is 0.489 e. The highest BCUT2D eigenvalue weighted by Crippen LogP contribution is 2.42. The Morgan fingerprint density at radius 2 is 1.47 bits per heavy atom. The molecular formula is C27H27BCl2O2. The number of unbranched alkanes of at least 4 members (excludes halogenated alkanes) is 1. The van der Waals surface area contributed by atoms with Crippen LogP contribution in [0.3, 0.4) is 0 Å². The second-order valence-electron chi connectivity index (χ2n) is 8.51. The van der Waals surface area contributed by atoms with Gasteiger partial charge in [0.15, 0.2) is 0 Å². The van der Waals surface area contributed by atoms with Gasteiger partial charge in [-0.25, -0.2) is 0 Å². The lowest BCUT2D eigenvalue weighted by Crippen LogP contribution is -2.37. The van der Waals surface area contributed by atoms with Gasteiger partial charge < -0.3 is 10.0 Å². The largest absolute Gasteiger partial charge is 0.489 e. The van der Waals surface area contributed by atoms with Crippen LogP contribution in [0.2, 0.25) is 10.0 Å². The van der Waals surface area contributed by atoms with Crippen LogP contribution >= 0.6 is 23.2 Å². The molecule has 0 amide bonds. The van der Waals surface area contributed by atoms with Gasteiger partial charge in [0, 0.05) is 16.0 Å². The molecule has 4 aromatic rings. The Morgan fingerprint density at radius 3 is 2.12 bits per heavy atom. The first-order valence-electron chi connectivity index (χ1n) is 11.1. The maximum absolute atomic E-state index is 10.4. The van der Waals surface area contributed by atoms with Gasteiger partial charge in [-0.2, -0.15) is 0 Å². The van der Waals surface area contributed by atoms with Gasteiger partial charge in [0.1, 0.15) is 0 Å². The molecule has 0 saturated heterocycles. The van der Waals surface area contributed by atoms with E-state index in [0.29, 0.717) is 21.1 Å². The van der Waals surface area contributed by atoms with E-state index in [1.54, 1.807) is 0 Å². The van der Waals surface area contributed by atoms with Crippen LogP contribution in [0.15, 0.2) is 54.6 Å². The molecule has 0 heterocycles. The van der Waals surface area contributed by atoms with Crippen LogP contribution in [0, 0.1) is 13.8 Å². The summed E-state index contributed by atoms with van der Waals surface area (Å²) in [6, 6.07) is 19.0. The summed E-state index contributed by atoms with van der Waals surface area (Å²) >= 11 is 13.4. The monoisotopic (exact) mass is 464 g/mol. The third-order valence-corrected chi connectivity index (χ3v) is 7.60. The highest BCUT2D eigenvalue weighted by Gasteiger charge is 2.31. The van der Waals surface area contributed by atoms with Crippen molar-refractivity contribution >= 4 is 57.3 Å². The molecule has 0 aliphatic heterocycles. The van der Waals surface area contributed by atoms with Crippen LogP contribution < -0.4 is 5.46 Å². The van der Waals surface area contributed by atoms with Gasteiger partial charge in [0.2, 0.25) is 0 Å². The van der Waals surface area contributed by atoms with E-state index in [9.17, 15) is 10.0 Å². The van der Waals surface area contributed by atoms with E-state index in [2.05, 4.69) is 61.5 Å². The van der Waals surface area contributed by atoms with E-state index < -0.39 is 7.12 Å². The topological polar surface area (TPSA) is 40.5 Å². The molecule has 5 heteroatoms. The van der Waals surface area contributed by atoms with E-state index in [-0.39, 0.29) is 5.92 Å². The zero-order valence-corrected chi connectivity index (χ0v) is 20.1. The van der Waals surface area contributed by atoms with Crippen molar-refractivity contribution in [2.45, 2.75) is 46.0 Å². The van der Waals surface area contributed by atoms with Crippen LogP contribution in [0.1, 0.15) is 54.4 Å². The van der Waals surface area contributed by atoms with Crippen molar-refractivity contribution < 1.29 is 10.0 Å². The summed E-state index contributed by atoms with van der Waals surface area (Å²) in [5, 5.41) is 26.5. The lowest BCUT2D eigenvalue weighted by Gasteiger charge is -2.27. The normalized spacial score (nSPS) is 12.5. The minimum absolute atomic E-state index is 0.0941. The molecule has 2 N–H and O–H groups in total. The van der Waals surface area contributed by atoms with E-state index in [4.69, 9.17) is 23.2 Å². The number of rotatable bonds is 6. The van der Waals surface area contributed by atoms with Gasteiger partial charge in [0.05, 0.1) is 0 Å². The SMILES string of the molecule is CCCCC(c1c(Cl)c(C)c(Cl)c(C)c1B(O)O)c1cc2ccccc2c2ccccc12. The molecule has 2 nitrogen and oxygen atoms in total. The van der Waals surface area contributed by atoms with E-state index in [0.717, 1.165) is 46.7 Å². The van der Waals surface area contributed by atoms with Crippen molar-refractivity contribution in [3.05, 3.63) is 86.9 Å². The fourth-order valence-corrected chi connectivity index (χ4v) is 5.50. The van der Waals surface area contributed by atoms with Crippen LogP contribution in [0.5, 0.6) is 0 Å². The maximum atomic E-state index is 10.4. The second-order valence-corrected chi connectivity index (χ2v) is 9.26. The zero-order valence-electron chi connectivity index (χ0n) is 18.6. The summed E-state index contributed by atoms with van der Waals surface area (Å²) in [5.41, 5.74) is 3.79. The Morgan fingerprint density at radius 1 is 0.844 bits per heavy atom. The van der Waals surface area contributed by atoms with Crippen molar-refractivity contribution in [2.24, 2.45) is 0 Å². The van der Waals surface area contributed by atoms with Crippen molar-refractivity contribution in [1.29, 1.82) is 0 Å². The molecule has 0 aliphatic carbocycles. The molecule has 0 aromatic heterocycles. The third kappa shape index (κ3) is 3.93. The average molecular weight is 465 g/mol. The first-order chi connectivity index (χ1) is 15.4. The first-order valence-corrected chi connectivity index (χ1v) is 11.9. The predicted molar refractivity (Wildman–Crippen MR) is 139 cm³/mol. The van der Waals surface area contributed by atoms with Crippen LogP contribution in [-0.4, -0.2) is 17.2 Å². The predicted octanol–water partition coefficient (Wildman–Crippen LogP) is 6.92. The van der Waals surface area contributed by atoms with Gasteiger partial charge >= 0.3 is 7.12 Å². The summed E-state index contributed by atoms with van der Waals surface area (Å²) in [6.45, 7) is 5.89. The smallest absolute Gasteiger partial charge is 0.423 e. The zero-order chi connectivity index (χ0) is 23.0. The van der Waals surface area contributed by atoms with Crippen molar-refractivity contribution in [3.63, 3.8) is 0 Å². The fourth-order valence-electron chi connectivity index (χ4n) is 4.93. The molecule has 0 radical (unpaired) electrons. The molecule has 0 aliphatic rings. The average Bonchev–Trinajstić information content (AvgIpc) is 2.80. The molecular weight excluding hydrogens is 438 g/mol. The molecule has 0 spiro atoms. The van der Waals surface area contributed by atoms with Crippen LogP contribution in [0.25, 0.3) is 21.5 Å². The van der Waals surface area contributed by atoms with Crippen LogP contribution in [0.4, 0.5) is 0 Å². The molecule has 4 aromatic carbocycles. The summed E-state index contributed by atoms with van der Waals surface area (Å²) < 4.78 is 0. The summed E-state index contributed by atoms with van der Waals surface area (Å²) in [5.74, 6) is -0.0941. The highest BCUT2D eigenvalue weighted by atomic mass is 35.5. The van der Waals surface area contributed by atoms with Crippen molar-refractivity contribution in [1.82, 2.24) is 0 Å². The number of halogens is 2. The summed E-state index contributed by atoms with van der Waals surface area (Å²) in [6.07, 6.45) is 2.87. The van der Waals surface area contributed by atoms with E-state index in [1.807, 2.05) is 13.8 Å². The van der Waals surface area contributed by atoms with Crippen molar-refractivity contribution in [2.75, 3.05) is 0 Å². The summed E-state index contributed by atoms with van der Waals surface area (Å²) in [4.78, 5) is 0. The Labute approximate surface area is 199 Å². The number of fused-ring (bicyclic) bond motifs is 3. The number of hydrogen-bond acceptors (Lipinski definition) is 2. The molecule has 0 saturated carbocycles. The minimum Gasteiger partial charge on any atom is -0.423 e. The minimum atomic E-state index is -1.66. The van der Waals surface area contributed by atoms with E-state index >= 15 is 0 Å². The molecule has 0 bridgehead atoms. The Kier molecular flexibility index (Phi) is 6.83. The van der Waals surface area contributed by atoms with Gasteiger partial charge in [-0.1, -0.05) is 91.5 Å². The molecule has 1 atom stereocenters. The standard InChI is InChI=1S/C27H27BCl2O2/c1-4-5-11-22(24-25(28(31)32)16(2)26(29)17(3)27(24)30)23-15-18-10-6-7-12-19(18)20-13-8-9-14-21(20)23/h6-10,12-15,22,31-32H,4-5,11H2,1-3H3. The van der Waals surface area contributed by atoms with E-state index in [1.165, 1.54) is 10.8 Å². The molecule has 32 heavy (non-hydrogen) atoms. The summed E-state index contributed by atoms with van der Waals surface area (Å²) in [7, 11) is -1.66. The Balaban J connectivity index is 2.11. The number of hydrogen-bond donors (Lipinski definition) is 2. The molecule has 4 rings (SSSR count). The fraction of sp³-hybridized carbons (Fsp3) is 0.259. The van der Waals surface area contributed by atoms with Gasteiger partial charge in [-0.15, -0.1) is 0 Å². The highest BCUT2D eigenvalue weighted by molar-refractivity contribution is 6.61. The Bertz CT molecular complexity index is 1300. The quantitative estimate of drug-likeness (QED) is 0.240.